The molecule has 0 aliphatic heterocycles. The van der Waals surface area contributed by atoms with E-state index in [0.29, 0.717) is 0 Å². The maximum atomic E-state index is 11.4. The Hall–Kier alpha value is -0.600. The summed E-state index contributed by atoms with van der Waals surface area (Å²) in [5.41, 5.74) is 0. The topological polar surface area (TPSA) is 26.3 Å². The second-order valence-corrected chi connectivity index (χ2v) is 2.17. The van der Waals surface area contributed by atoms with Gasteiger partial charge in [-0.15, -0.1) is 0 Å². The fourth-order valence-corrected chi connectivity index (χ4v) is 0.448. The molecule has 0 spiro atoms. The molecule has 0 aromatic heterocycles. The van der Waals surface area contributed by atoms with Crippen molar-refractivity contribution in [3.8, 4) is 0 Å². The van der Waals surface area contributed by atoms with Gasteiger partial charge >= 0.3 is 5.97 Å². The summed E-state index contributed by atoms with van der Waals surface area (Å²) in [5, 5.41) is 0. The Balaban J connectivity index is 3.42. The smallest absolute Gasteiger partial charge is 0.308 e. The molecule has 0 aliphatic carbocycles. The molecule has 0 N–H and O–H groups in total. The molecule has 60 valence electrons. The number of esters is 1. The molecule has 0 rings (SSSR count). The Morgan fingerprint density at radius 1 is 1.70 bits per heavy atom. The molecular formula is C7H13FO2. The normalized spacial score (nSPS) is 12.7. The SMILES string of the molecule is CCC(C)C(=O)OCCF. The molecular weight excluding hydrogens is 135 g/mol. The predicted molar refractivity (Wildman–Crippen MR) is 36.4 cm³/mol. The van der Waals surface area contributed by atoms with Crippen molar-refractivity contribution >= 4 is 5.97 Å². The Morgan fingerprint density at radius 2 is 2.30 bits per heavy atom. The standard InChI is InChI=1S/C7H13FO2/c1-3-6(2)7(9)10-5-4-8/h6H,3-5H2,1-2H3. The minimum Gasteiger partial charge on any atom is -0.463 e. The van der Waals surface area contributed by atoms with Gasteiger partial charge in [-0.05, 0) is 6.42 Å². The third kappa shape index (κ3) is 3.43. The van der Waals surface area contributed by atoms with E-state index in [1.165, 1.54) is 0 Å². The number of hydrogen-bond acceptors (Lipinski definition) is 2. The summed E-state index contributed by atoms with van der Waals surface area (Å²) >= 11 is 0. The highest BCUT2D eigenvalue weighted by molar-refractivity contribution is 5.71. The van der Waals surface area contributed by atoms with E-state index in [1.807, 2.05) is 6.92 Å². The van der Waals surface area contributed by atoms with Gasteiger partial charge in [0.1, 0.15) is 13.3 Å². The van der Waals surface area contributed by atoms with Crippen molar-refractivity contribution in [1.82, 2.24) is 0 Å². The van der Waals surface area contributed by atoms with Crippen molar-refractivity contribution in [2.24, 2.45) is 5.92 Å². The second kappa shape index (κ2) is 5.21. The van der Waals surface area contributed by atoms with Crippen LogP contribution in [-0.2, 0) is 9.53 Å². The van der Waals surface area contributed by atoms with Crippen molar-refractivity contribution in [3.05, 3.63) is 0 Å². The van der Waals surface area contributed by atoms with Gasteiger partial charge in [0.15, 0.2) is 0 Å². The highest BCUT2D eigenvalue weighted by atomic mass is 19.1. The van der Waals surface area contributed by atoms with E-state index in [1.54, 1.807) is 6.92 Å². The van der Waals surface area contributed by atoms with Crippen LogP contribution in [0.4, 0.5) is 4.39 Å². The van der Waals surface area contributed by atoms with E-state index in [-0.39, 0.29) is 18.5 Å². The molecule has 0 aromatic rings. The Morgan fingerprint density at radius 3 is 2.70 bits per heavy atom. The van der Waals surface area contributed by atoms with Crippen LogP contribution in [0.15, 0.2) is 0 Å². The molecule has 0 fully saturated rings. The third-order valence-corrected chi connectivity index (χ3v) is 1.34. The van der Waals surface area contributed by atoms with E-state index < -0.39 is 6.67 Å². The molecule has 0 saturated heterocycles. The van der Waals surface area contributed by atoms with Crippen molar-refractivity contribution < 1.29 is 13.9 Å². The molecule has 1 atom stereocenters. The molecule has 0 aliphatic rings. The molecule has 1 unspecified atom stereocenters. The Bertz CT molecular complexity index is 104. The molecule has 0 aromatic carbocycles. The fraction of sp³-hybridized carbons (Fsp3) is 0.857. The number of halogens is 1. The summed E-state index contributed by atoms with van der Waals surface area (Å²) in [4.78, 5) is 10.7. The first-order valence-electron chi connectivity index (χ1n) is 3.45. The van der Waals surface area contributed by atoms with Gasteiger partial charge in [0.25, 0.3) is 0 Å². The summed E-state index contributed by atoms with van der Waals surface area (Å²) in [6.45, 7) is 2.95. The van der Waals surface area contributed by atoms with Crippen LogP contribution < -0.4 is 0 Å². The lowest BCUT2D eigenvalue weighted by molar-refractivity contribution is -0.148. The van der Waals surface area contributed by atoms with Gasteiger partial charge < -0.3 is 4.74 Å². The number of ether oxygens (including phenoxy) is 1. The highest BCUT2D eigenvalue weighted by Crippen LogP contribution is 2.02. The van der Waals surface area contributed by atoms with Gasteiger partial charge in [-0.3, -0.25) is 4.79 Å². The van der Waals surface area contributed by atoms with Crippen molar-refractivity contribution in [1.29, 1.82) is 0 Å². The van der Waals surface area contributed by atoms with Crippen molar-refractivity contribution in [2.45, 2.75) is 20.3 Å². The minimum absolute atomic E-state index is 0.105. The molecule has 2 nitrogen and oxygen atoms in total. The number of carbonyl (C=O) groups is 1. The van der Waals surface area contributed by atoms with Crippen LogP contribution in [0, 0.1) is 5.92 Å². The van der Waals surface area contributed by atoms with E-state index in [9.17, 15) is 9.18 Å². The molecule has 3 heteroatoms. The zero-order valence-corrected chi connectivity index (χ0v) is 6.39. The Labute approximate surface area is 60.4 Å². The van der Waals surface area contributed by atoms with Crippen LogP contribution in [0.2, 0.25) is 0 Å². The third-order valence-electron chi connectivity index (χ3n) is 1.34. The van der Waals surface area contributed by atoms with Crippen LogP contribution in [0.5, 0.6) is 0 Å². The minimum atomic E-state index is -0.595. The van der Waals surface area contributed by atoms with Gasteiger partial charge in [0.05, 0.1) is 5.92 Å². The largest absolute Gasteiger partial charge is 0.463 e. The summed E-state index contributed by atoms with van der Waals surface area (Å²) in [5.74, 6) is -0.410. The molecule has 0 heterocycles. The second-order valence-electron chi connectivity index (χ2n) is 2.17. The first-order valence-corrected chi connectivity index (χ1v) is 3.45. The number of alkyl halides is 1. The van der Waals surface area contributed by atoms with Gasteiger partial charge in [0, 0.05) is 0 Å². The maximum Gasteiger partial charge on any atom is 0.308 e. The van der Waals surface area contributed by atoms with Crippen molar-refractivity contribution in [3.63, 3.8) is 0 Å². The summed E-state index contributed by atoms with van der Waals surface area (Å²) < 4.78 is 16.0. The zero-order valence-electron chi connectivity index (χ0n) is 6.39. The first kappa shape index (κ1) is 9.40. The highest BCUT2D eigenvalue weighted by Gasteiger charge is 2.10. The summed E-state index contributed by atoms with van der Waals surface area (Å²) in [6.07, 6.45) is 0.741. The monoisotopic (exact) mass is 148 g/mol. The molecule has 0 radical (unpaired) electrons. The molecule has 0 saturated carbocycles. The van der Waals surface area contributed by atoms with Crippen LogP contribution in [-0.4, -0.2) is 19.3 Å². The summed E-state index contributed by atoms with van der Waals surface area (Å²) in [7, 11) is 0. The Kier molecular flexibility index (Phi) is 4.89. The average Bonchev–Trinajstić information content (AvgIpc) is 1.98. The van der Waals surface area contributed by atoms with Crippen LogP contribution >= 0.6 is 0 Å². The van der Waals surface area contributed by atoms with Crippen LogP contribution in [0.1, 0.15) is 20.3 Å². The fourth-order valence-electron chi connectivity index (χ4n) is 0.448. The number of carbonyl (C=O) groups excluding carboxylic acids is 1. The summed E-state index contributed by atoms with van der Waals surface area (Å²) in [6, 6.07) is 0. The average molecular weight is 148 g/mol. The number of hydrogen-bond donors (Lipinski definition) is 0. The lowest BCUT2D eigenvalue weighted by atomic mass is 10.1. The molecule has 0 amide bonds. The van der Waals surface area contributed by atoms with E-state index in [0.717, 1.165) is 6.42 Å². The molecule has 0 bridgehead atoms. The maximum absolute atomic E-state index is 11.4. The van der Waals surface area contributed by atoms with Crippen LogP contribution in [0.3, 0.4) is 0 Å². The lowest BCUT2D eigenvalue weighted by Crippen LogP contribution is -2.15. The molecule has 10 heavy (non-hydrogen) atoms. The van der Waals surface area contributed by atoms with E-state index in [4.69, 9.17) is 0 Å². The van der Waals surface area contributed by atoms with Gasteiger partial charge in [0.2, 0.25) is 0 Å². The van der Waals surface area contributed by atoms with Gasteiger partial charge in [-0.2, -0.15) is 0 Å². The quantitative estimate of drug-likeness (QED) is 0.565. The predicted octanol–water partition coefficient (Wildman–Crippen LogP) is 1.55. The van der Waals surface area contributed by atoms with E-state index >= 15 is 0 Å². The van der Waals surface area contributed by atoms with Gasteiger partial charge in [-0.25, -0.2) is 4.39 Å². The number of rotatable bonds is 4. The first-order chi connectivity index (χ1) is 4.72. The lowest BCUT2D eigenvalue weighted by Gasteiger charge is -2.06. The van der Waals surface area contributed by atoms with Crippen LogP contribution in [0.25, 0.3) is 0 Å². The van der Waals surface area contributed by atoms with Crippen molar-refractivity contribution in [2.75, 3.05) is 13.3 Å². The van der Waals surface area contributed by atoms with E-state index in [2.05, 4.69) is 4.74 Å². The zero-order chi connectivity index (χ0) is 7.98. The van der Waals surface area contributed by atoms with Gasteiger partial charge in [-0.1, -0.05) is 13.8 Å².